The maximum absolute atomic E-state index is 12.4. The van der Waals surface area contributed by atoms with Crippen LogP contribution in [0.25, 0.3) is 0 Å². The summed E-state index contributed by atoms with van der Waals surface area (Å²) in [5, 5.41) is 2.77. The standard InChI is InChI=1S/C20H19F3N4O2/c1-13(16-8-7-15(10-24-16)29-12-20(21,22)23)26-19(28)17-11-25-18(27-17)9-14-5-3-2-4-6-14/h2-8,10-11,13H,9,12H2,1H3,(H,25,27)(H,26,28). The number of ether oxygens (including phenoxy) is 1. The maximum atomic E-state index is 12.4. The molecule has 0 aliphatic carbocycles. The number of nitrogens with zero attached hydrogens (tertiary/aromatic N) is 2. The van der Waals surface area contributed by atoms with Crippen molar-refractivity contribution >= 4 is 5.91 Å². The van der Waals surface area contributed by atoms with Crippen molar-refractivity contribution in [3.05, 3.63) is 77.6 Å². The van der Waals surface area contributed by atoms with E-state index in [1.807, 2.05) is 30.3 Å². The molecule has 0 saturated heterocycles. The fourth-order valence-corrected chi connectivity index (χ4v) is 2.60. The van der Waals surface area contributed by atoms with Crippen molar-refractivity contribution in [2.24, 2.45) is 0 Å². The molecule has 1 unspecified atom stereocenters. The van der Waals surface area contributed by atoms with E-state index in [1.165, 1.54) is 24.5 Å². The molecule has 0 aliphatic heterocycles. The number of carbonyl (C=O) groups is 1. The summed E-state index contributed by atoms with van der Waals surface area (Å²) in [7, 11) is 0. The third kappa shape index (κ3) is 6.06. The summed E-state index contributed by atoms with van der Waals surface area (Å²) in [4.78, 5) is 23.7. The van der Waals surface area contributed by atoms with Gasteiger partial charge in [-0.25, -0.2) is 4.98 Å². The quantitative estimate of drug-likeness (QED) is 0.627. The van der Waals surface area contributed by atoms with Crippen LogP contribution in [0.3, 0.4) is 0 Å². The minimum absolute atomic E-state index is 0.00345. The van der Waals surface area contributed by atoms with Crippen molar-refractivity contribution < 1.29 is 22.7 Å². The Bertz CT molecular complexity index is 940. The molecule has 2 heterocycles. The molecule has 0 fully saturated rings. The second-order valence-electron chi connectivity index (χ2n) is 6.42. The number of aromatic nitrogens is 3. The SMILES string of the molecule is CC(NC(=O)c1cnc(Cc2ccccc2)[nH]1)c1ccc(OCC(F)(F)F)cn1. The maximum Gasteiger partial charge on any atom is 0.422 e. The monoisotopic (exact) mass is 404 g/mol. The molecule has 1 aromatic carbocycles. The number of pyridine rings is 1. The predicted molar refractivity (Wildman–Crippen MR) is 99.5 cm³/mol. The van der Waals surface area contributed by atoms with E-state index in [0.717, 1.165) is 5.56 Å². The number of aromatic amines is 1. The van der Waals surface area contributed by atoms with Gasteiger partial charge in [0.05, 0.1) is 24.1 Å². The molecule has 1 atom stereocenters. The van der Waals surface area contributed by atoms with E-state index in [-0.39, 0.29) is 11.7 Å². The summed E-state index contributed by atoms with van der Waals surface area (Å²) in [5.74, 6) is 0.311. The van der Waals surface area contributed by atoms with Gasteiger partial charge in [0.1, 0.15) is 17.3 Å². The number of halogens is 3. The van der Waals surface area contributed by atoms with Crippen molar-refractivity contribution in [3.63, 3.8) is 0 Å². The van der Waals surface area contributed by atoms with Crippen molar-refractivity contribution in [3.8, 4) is 5.75 Å². The number of nitrogens with one attached hydrogen (secondary N) is 2. The Labute approximate surface area is 165 Å². The molecule has 3 rings (SSSR count). The van der Waals surface area contributed by atoms with Gasteiger partial charge in [-0.05, 0) is 24.6 Å². The highest BCUT2D eigenvalue weighted by molar-refractivity contribution is 5.92. The number of rotatable bonds is 7. The summed E-state index contributed by atoms with van der Waals surface area (Å²) >= 11 is 0. The predicted octanol–water partition coefficient (Wildman–Crippen LogP) is 3.83. The second-order valence-corrected chi connectivity index (χ2v) is 6.42. The third-order valence-electron chi connectivity index (χ3n) is 4.04. The van der Waals surface area contributed by atoms with Crippen LogP contribution in [0.4, 0.5) is 13.2 Å². The average Bonchev–Trinajstić information content (AvgIpc) is 3.15. The van der Waals surface area contributed by atoms with Crippen LogP contribution < -0.4 is 10.1 Å². The van der Waals surface area contributed by atoms with Crippen LogP contribution in [0, 0.1) is 0 Å². The van der Waals surface area contributed by atoms with Crippen LogP contribution in [-0.2, 0) is 6.42 Å². The Morgan fingerprint density at radius 3 is 2.55 bits per heavy atom. The molecule has 0 spiro atoms. The van der Waals surface area contributed by atoms with Crippen LogP contribution >= 0.6 is 0 Å². The first kappa shape index (κ1) is 20.4. The molecule has 29 heavy (non-hydrogen) atoms. The highest BCUT2D eigenvalue weighted by Gasteiger charge is 2.28. The fraction of sp³-hybridized carbons (Fsp3) is 0.250. The smallest absolute Gasteiger partial charge is 0.422 e. The summed E-state index contributed by atoms with van der Waals surface area (Å²) in [5.41, 5.74) is 1.87. The summed E-state index contributed by atoms with van der Waals surface area (Å²) < 4.78 is 41.1. The van der Waals surface area contributed by atoms with Crippen molar-refractivity contribution in [2.45, 2.75) is 25.6 Å². The van der Waals surface area contributed by atoms with Crippen LogP contribution in [0.1, 0.15) is 40.5 Å². The number of hydrogen-bond donors (Lipinski definition) is 2. The molecule has 0 bridgehead atoms. The largest absolute Gasteiger partial charge is 0.483 e. The van der Waals surface area contributed by atoms with E-state index in [4.69, 9.17) is 0 Å². The van der Waals surface area contributed by atoms with Gasteiger partial charge in [-0.3, -0.25) is 9.78 Å². The van der Waals surface area contributed by atoms with Crippen LogP contribution in [0.2, 0.25) is 0 Å². The lowest BCUT2D eigenvalue weighted by atomic mass is 10.1. The molecule has 2 aromatic heterocycles. The van der Waals surface area contributed by atoms with Crippen LogP contribution in [0.15, 0.2) is 54.9 Å². The topological polar surface area (TPSA) is 79.9 Å². The number of imidazole rings is 1. The Morgan fingerprint density at radius 2 is 1.90 bits per heavy atom. The molecule has 152 valence electrons. The van der Waals surface area contributed by atoms with Crippen molar-refractivity contribution in [1.29, 1.82) is 0 Å². The Morgan fingerprint density at radius 1 is 1.14 bits per heavy atom. The molecule has 3 aromatic rings. The van der Waals surface area contributed by atoms with E-state index < -0.39 is 18.8 Å². The molecular formula is C20H19F3N4O2. The van der Waals surface area contributed by atoms with E-state index in [2.05, 4.69) is 25.0 Å². The Kier molecular flexibility index (Phi) is 6.16. The molecule has 9 heteroatoms. The van der Waals surface area contributed by atoms with Crippen LogP contribution in [-0.4, -0.2) is 33.6 Å². The number of benzene rings is 1. The molecule has 2 N–H and O–H groups in total. The number of H-pyrrole nitrogens is 1. The van der Waals surface area contributed by atoms with E-state index in [0.29, 0.717) is 23.6 Å². The van der Waals surface area contributed by atoms with Gasteiger partial charge in [0.25, 0.3) is 5.91 Å². The highest BCUT2D eigenvalue weighted by atomic mass is 19.4. The molecule has 0 saturated carbocycles. The summed E-state index contributed by atoms with van der Waals surface area (Å²) in [6.07, 6.45) is -1.19. The first-order valence-electron chi connectivity index (χ1n) is 8.84. The summed E-state index contributed by atoms with van der Waals surface area (Å²) in [6, 6.07) is 12.2. The zero-order valence-electron chi connectivity index (χ0n) is 15.5. The lowest BCUT2D eigenvalue weighted by Gasteiger charge is -2.14. The normalized spacial score (nSPS) is 12.4. The number of alkyl halides is 3. The lowest BCUT2D eigenvalue weighted by molar-refractivity contribution is -0.153. The van der Waals surface area contributed by atoms with Crippen molar-refractivity contribution in [2.75, 3.05) is 6.61 Å². The Balaban J connectivity index is 1.56. The minimum atomic E-state index is -4.41. The van der Waals surface area contributed by atoms with Gasteiger partial charge < -0.3 is 15.0 Å². The first-order chi connectivity index (χ1) is 13.8. The van der Waals surface area contributed by atoms with E-state index >= 15 is 0 Å². The third-order valence-corrected chi connectivity index (χ3v) is 4.04. The zero-order chi connectivity index (χ0) is 20.9. The minimum Gasteiger partial charge on any atom is -0.483 e. The summed E-state index contributed by atoms with van der Waals surface area (Å²) in [6.45, 7) is 0.336. The molecule has 0 radical (unpaired) electrons. The molecular weight excluding hydrogens is 385 g/mol. The van der Waals surface area contributed by atoms with E-state index in [9.17, 15) is 18.0 Å². The van der Waals surface area contributed by atoms with Gasteiger partial charge in [0, 0.05) is 6.42 Å². The number of hydrogen-bond acceptors (Lipinski definition) is 4. The van der Waals surface area contributed by atoms with Gasteiger partial charge in [-0.1, -0.05) is 30.3 Å². The van der Waals surface area contributed by atoms with E-state index in [1.54, 1.807) is 6.92 Å². The lowest BCUT2D eigenvalue weighted by Crippen LogP contribution is -2.27. The first-order valence-corrected chi connectivity index (χ1v) is 8.84. The molecule has 0 aliphatic rings. The van der Waals surface area contributed by atoms with Gasteiger partial charge in [0.15, 0.2) is 6.61 Å². The number of carbonyl (C=O) groups excluding carboxylic acids is 1. The van der Waals surface area contributed by atoms with Gasteiger partial charge in [0.2, 0.25) is 0 Å². The van der Waals surface area contributed by atoms with Gasteiger partial charge in [-0.15, -0.1) is 0 Å². The molecule has 6 nitrogen and oxygen atoms in total. The zero-order valence-corrected chi connectivity index (χ0v) is 15.5. The van der Waals surface area contributed by atoms with Gasteiger partial charge >= 0.3 is 6.18 Å². The van der Waals surface area contributed by atoms with Crippen molar-refractivity contribution in [1.82, 2.24) is 20.3 Å². The van der Waals surface area contributed by atoms with Gasteiger partial charge in [-0.2, -0.15) is 13.2 Å². The Hall–Kier alpha value is -3.36. The average molecular weight is 404 g/mol. The van der Waals surface area contributed by atoms with Crippen LogP contribution in [0.5, 0.6) is 5.75 Å². The molecule has 1 amide bonds. The fourth-order valence-electron chi connectivity index (χ4n) is 2.60. The second kappa shape index (κ2) is 8.76. The number of amides is 1. The highest BCUT2D eigenvalue weighted by Crippen LogP contribution is 2.19.